The summed E-state index contributed by atoms with van der Waals surface area (Å²) in [5, 5.41) is 10.1. The van der Waals surface area contributed by atoms with Gasteiger partial charge in [0.1, 0.15) is 0 Å². The van der Waals surface area contributed by atoms with Gasteiger partial charge in [-0.3, -0.25) is 0 Å². The van der Waals surface area contributed by atoms with Crippen molar-refractivity contribution in [3.63, 3.8) is 0 Å². The van der Waals surface area contributed by atoms with E-state index in [2.05, 4.69) is 265 Å². The van der Waals surface area contributed by atoms with E-state index in [-0.39, 0.29) is 0 Å². The van der Waals surface area contributed by atoms with Gasteiger partial charge in [-0.15, -0.1) is 0 Å². The Hall–Kier alpha value is -9.24. The van der Waals surface area contributed by atoms with Gasteiger partial charge in [0.25, 0.3) is 0 Å². The minimum Gasteiger partial charge on any atom is -0.310 e. The molecule has 336 valence electrons. The van der Waals surface area contributed by atoms with Crippen LogP contribution in [0.3, 0.4) is 0 Å². The molecule has 0 aromatic heterocycles. The number of rotatable bonds is 8. The second-order valence-electron chi connectivity index (χ2n) is 19.4. The van der Waals surface area contributed by atoms with E-state index in [1.807, 2.05) is 0 Å². The molecule has 0 atom stereocenters. The summed E-state index contributed by atoms with van der Waals surface area (Å²) in [4.78, 5) is 4.96. The maximum atomic E-state index is 2.48. The number of nitrogens with zero attached hydrogens (tertiary/aromatic N) is 2. The molecule has 0 saturated heterocycles. The van der Waals surface area contributed by atoms with Crippen molar-refractivity contribution in [1.29, 1.82) is 0 Å². The normalized spacial score (nSPS) is 12.9. The van der Waals surface area contributed by atoms with Crippen molar-refractivity contribution in [2.75, 3.05) is 9.80 Å². The van der Waals surface area contributed by atoms with Crippen LogP contribution in [0.5, 0.6) is 0 Å². The van der Waals surface area contributed by atoms with Gasteiger partial charge >= 0.3 is 0 Å². The molecule has 12 aromatic rings. The Kier molecular flexibility index (Phi) is 9.12. The highest BCUT2D eigenvalue weighted by atomic mass is 15.1. The molecule has 0 saturated carbocycles. The Morgan fingerprint density at radius 2 is 0.722 bits per heavy atom. The van der Waals surface area contributed by atoms with Crippen LogP contribution >= 0.6 is 0 Å². The average Bonchev–Trinajstić information content (AvgIpc) is 3.96. The van der Waals surface area contributed by atoms with Crippen LogP contribution in [0.4, 0.5) is 34.1 Å². The molecular weight excluding hydrogens is 869 g/mol. The molecule has 12 aromatic carbocycles. The van der Waals surface area contributed by atoms with Crippen molar-refractivity contribution in [3.8, 4) is 55.6 Å². The van der Waals surface area contributed by atoms with Crippen LogP contribution in [0.15, 0.2) is 255 Å². The second-order valence-corrected chi connectivity index (χ2v) is 19.4. The smallest absolute Gasteiger partial charge is 0.0540 e. The molecule has 0 radical (unpaired) electrons. The van der Waals surface area contributed by atoms with E-state index in [0.717, 1.165) is 47.0 Å². The molecular formula is C70H46N2. The first kappa shape index (κ1) is 40.6. The van der Waals surface area contributed by atoms with E-state index < -0.39 is 0 Å². The van der Waals surface area contributed by atoms with Crippen LogP contribution in [-0.4, -0.2) is 0 Å². The molecule has 0 spiro atoms. The highest BCUT2D eigenvalue weighted by molar-refractivity contribution is 6.23. The molecule has 2 heteroatoms. The van der Waals surface area contributed by atoms with Crippen molar-refractivity contribution >= 4 is 82.8 Å². The lowest BCUT2D eigenvalue weighted by molar-refractivity contribution is 1.06. The molecule has 0 bridgehead atoms. The molecule has 0 unspecified atom stereocenters. The number of para-hydroxylation sites is 2. The number of hydrogen-bond acceptors (Lipinski definition) is 2. The Morgan fingerprint density at radius 1 is 0.292 bits per heavy atom. The van der Waals surface area contributed by atoms with Gasteiger partial charge in [-0.2, -0.15) is 0 Å². The molecule has 0 N–H and O–H groups in total. The fraction of sp³-hybridized carbons (Fsp3) is 0.0286. The molecule has 0 amide bonds. The largest absolute Gasteiger partial charge is 0.310 e. The Balaban J connectivity index is 0.993. The van der Waals surface area contributed by atoms with Gasteiger partial charge in [0.15, 0.2) is 0 Å². The number of benzene rings is 12. The zero-order chi connectivity index (χ0) is 47.3. The van der Waals surface area contributed by atoms with Gasteiger partial charge in [0, 0.05) is 33.5 Å². The SMILES string of the molecule is C1=CCCC(c2c3cc(N(c4ccccc4)c4ccc5c6c(cccc46)-c4ccccc4-5)ccc3c(-c3ccccc3)c3cc(N(c4ccccc4)c4ccc5c6c(cccc46)-c4ccccc4-5)ccc23)=C1. The summed E-state index contributed by atoms with van der Waals surface area (Å²) < 4.78 is 0. The van der Waals surface area contributed by atoms with Gasteiger partial charge in [0.05, 0.1) is 11.4 Å². The number of anilines is 6. The van der Waals surface area contributed by atoms with Gasteiger partial charge in [0.2, 0.25) is 0 Å². The first-order valence-electron chi connectivity index (χ1n) is 25.2. The van der Waals surface area contributed by atoms with E-state index in [1.165, 1.54) is 110 Å². The number of hydrogen-bond donors (Lipinski definition) is 0. The summed E-state index contributed by atoms with van der Waals surface area (Å²) in [6.07, 6.45) is 8.88. The fourth-order valence-corrected chi connectivity index (χ4v) is 12.5. The van der Waals surface area contributed by atoms with Gasteiger partial charge in [-0.05, 0) is 173 Å². The van der Waals surface area contributed by atoms with Gasteiger partial charge in [-0.25, -0.2) is 0 Å². The summed E-state index contributed by atoms with van der Waals surface area (Å²) in [5.74, 6) is 0. The van der Waals surface area contributed by atoms with Gasteiger partial charge < -0.3 is 9.80 Å². The summed E-state index contributed by atoms with van der Waals surface area (Å²) >= 11 is 0. The van der Waals surface area contributed by atoms with E-state index in [1.54, 1.807) is 0 Å². The van der Waals surface area contributed by atoms with Crippen LogP contribution in [0, 0.1) is 0 Å². The van der Waals surface area contributed by atoms with Crippen LogP contribution < -0.4 is 9.80 Å². The van der Waals surface area contributed by atoms with Crippen LogP contribution in [0.1, 0.15) is 18.4 Å². The maximum absolute atomic E-state index is 2.48. The topological polar surface area (TPSA) is 6.48 Å². The van der Waals surface area contributed by atoms with Crippen molar-refractivity contribution in [1.82, 2.24) is 0 Å². The van der Waals surface area contributed by atoms with Crippen molar-refractivity contribution in [3.05, 3.63) is 260 Å². The minimum absolute atomic E-state index is 0.967. The first-order valence-corrected chi connectivity index (χ1v) is 25.2. The van der Waals surface area contributed by atoms with E-state index in [0.29, 0.717) is 0 Å². The third-order valence-electron chi connectivity index (χ3n) is 15.6. The molecule has 0 aliphatic heterocycles. The lowest BCUT2D eigenvalue weighted by Gasteiger charge is -2.29. The summed E-state index contributed by atoms with van der Waals surface area (Å²) in [6.45, 7) is 0. The Morgan fingerprint density at radius 3 is 1.21 bits per heavy atom. The predicted octanol–water partition coefficient (Wildman–Crippen LogP) is 19.9. The quantitative estimate of drug-likeness (QED) is 0.140. The summed E-state index contributed by atoms with van der Waals surface area (Å²) in [6, 6.07) is 88.1. The van der Waals surface area contributed by atoms with Crippen LogP contribution in [0.2, 0.25) is 0 Å². The molecule has 3 aliphatic carbocycles. The van der Waals surface area contributed by atoms with Crippen LogP contribution in [0.25, 0.3) is 104 Å². The lowest BCUT2D eigenvalue weighted by atomic mass is 9.83. The summed E-state index contributed by atoms with van der Waals surface area (Å²) in [5.41, 5.74) is 22.3. The highest BCUT2D eigenvalue weighted by Crippen LogP contribution is 2.54. The fourth-order valence-electron chi connectivity index (χ4n) is 12.5. The highest BCUT2D eigenvalue weighted by Gasteiger charge is 2.28. The van der Waals surface area contributed by atoms with Crippen molar-refractivity contribution in [2.24, 2.45) is 0 Å². The number of allylic oxidation sites excluding steroid dienone is 4. The average molecular weight is 915 g/mol. The van der Waals surface area contributed by atoms with E-state index in [4.69, 9.17) is 0 Å². The third-order valence-corrected chi connectivity index (χ3v) is 15.6. The zero-order valence-corrected chi connectivity index (χ0v) is 39.6. The van der Waals surface area contributed by atoms with Crippen molar-refractivity contribution < 1.29 is 0 Å². The molecule has 72 heavy (non-hydrogen) atoms. The number of fused-ring (bicyclic) bond motifs is 8. The van der Waals surface area contributed by atoms with Crippen LogP contribution in [-0.2, 0) is 0 Å². The van der Waals surface area contributed by atoms with E-state index >= 15 is 0 Å². The molecule has 2 nitrogen and oxygen atoms in total. The summed E-state index contributed by atoms with van der Waals surface area (Å²) in [7, 11) is 0. The third kappa shape index (κ3) is 6.09. The van der Waals surface area contributed by atoms with E-state index in [9.17, 15) is 0 Å². The maximum Gasteiger partial charge on any atom is 0.0540 e. The molecule has 3 aliphatic rings. The zero-order valence-electron chi connectivity index (χ0n) is 39.6. The van der Waals surface area contributed by atoms with Gasteiger partial charge in [-0.1, -0.05) is 194 Å². The lowest BCUT2D eigenvalue weighted by Crippen LogP contribution is -2.11. The second kappa shape index (κ2) is 16.2. The molecule has 0 heterocycles. The minimum atomic E-state index is 0.967. The Labute approximate surface area is 419 Å². The monoisotopic (exact) mass is 914 g/mol. The molecule has 15 rings (SSSR count). The first-order chi connectivity index (χ1) is 35.8. The van der Waals surface area contributed by atoms with Crippen molar-refractivity contribution in [2.45, 2.75) is 12.8 Å². The molecule has 0 fully saturated rings. The predicted molar refractivity (Wildman–Crippen MR) is 306 cm³/mol. The standard InChI is InChI=1S/C70H46N2/c1-5-19-45(20-6-1)67-59-37-35-50(72(48-25-11-4-12-26-48)66-42-40-58-54-30-16-14-28-52(54)56-32-18-34-62(66)70(56)58)44-64(59)68(46-21-7-2-8-22-46)60-38-36-49(43-63(60)67)71(47-23-9-3-10-24-47)65-41-39-57-53-29-15-13-27-51(53)55-31-17-33-61(65)69(55)57/h1-7,9-21,23-44H,8,22H2. The Bertz CT molecular complexity index is 4200.